The van der Waals surface area contributed by atoms with E-state index in [1.165, 1.54) is 6.08 Å². The Morgan fingerprint density at radius 2 is 1.45 bits per heavy atom. The molecule has 0 atom stereocenters. The molecule has 5 rings (SSSR count). The molecule has 0 unspecified atom stereocenters. The monoisotopic (exact) mass is 504 g/mol. The fraction of sp³-hybridized carbons (Fsp3) is 0.0625. The number of hydrogen-bond donors (Lipinski definition) is 0. The van der Waals surface area contributed by atoms with Crippen LogP contribution in [0, 0.1) is 0 Å². The summed E-state index contributed by atoms with van der Waals surface area (Å²) in [5.41, 5.74) is 2.90. The molecule has 0 radical (unpaired) electrons. The average Bonchev–Trinajstić information content (AvgIpc) is 3.36. The second-order valence-corrected chi connectivity index (χ2v) is 8.42. The zero-order valence-electron chi connectivity index (χ0n) is 20.8. The number of ketones is 1. The van der Waals surface area contributed by atoms with Gasteiger partial charge in [0.15, 0.2) is 5.78 Å². The molecule has 0 spiro atoms. The number of rotatable bonds is 8. The van der Waals surface area contributed by atoms with Crippen molar-refractivity contribution in [2.75, 3.05) is 14.2 Å². The highest BCUT2D eigenvalue weighted by Gasteiger charge is 2.24. The van der Waals surface area contributed by atoms with Crippen molar-refractivity contribution >= 4 is 28.8 Å². The van der Waals surface area contributed by atoms with Crippen molar-refractivity contribution in [1.29, 1.82) is 0 Å². The van der Waals surface area contributed by atoms with Crippen LogP contribution in [0.25, 0.3) is 28.4 Å². The molecule has 1 heterocycles. The Balaban J connectivity index is 1.38. The molecular weight excluding hydrogens is 480 g/mol. The fourth-order valence-electron chi connectivity index (χ4n) is 4.06. The van der Waals surface area contributed by atoms with Gasteiger partial charge >= 0.3 is 5.97 Å². The Hall–Kier alpha value is -5.10. The van der Waals surface area contributed by atoms with E-state index in [0.717, 1.165) is 11.1 Å². The largest absolute Gasteiger partial charge is 0.497 e. The second-order valence-electron chi connectivity index (χ2n) is 8.42. The van der Waals surface area contributed by atoms with Crippen LogP contribution >= 0.6 is 0 Å². The molecule has 0 saturated heterocycles. The first kappa shape index (κ1) is 24.6. The summed E-state index contributed by atoms with van der Waals surface area (Å²) < 4.78 is 22.3. The Bertz CT molecular complexity index is 1630. The van der Waals surface area contributed by atoms with Gasteiger partial charge in [-0.25, -0.2) is 4.79 Å². The minimum atomic E-state index is -0.576. The molecule has 6 heteroatoms. The van der Waals surface area contributed by atoms with Gasteiger partial charge in [-0.3, -0.25) is 4.79 Å². The molecule has 188 valence electrons. The van der Waals surface area contributed by atoms with E-state index in [2.05, 4.69) is 0 Å². The van der Waals surface area contributed by atoms with Crippen LogP contribution in [-0.4, -0.2) is 26.0 Å². The SMILES string of the molecule is COc1cccc(C=CC(=O)c2ccc(OC(=O)c3c(-c4ccccc4)oc4ccc(OC)cc34)cc2)c1. The predicted octanol–water partition coefficient (Wildman–Crippen LogP) is 7.23. The van der Waals surface area contributed by atoms with E-state index in [-0.39, 0.29) is 5.78 Å². The maximum Gasteiger partial charge on any atom is 0.348 e. The zero-order valence-corrected chi connectivity index (χ0v) is 20.8. The lowest BCUT2D eigenvalue weighted by molar-refractivity contribution is 0.0737. The summed E-state index contributed by atoms with van der Waals surface area (Å²) in [6, 6.07) is 28.5. The number of methoxy groups -OCH3 is 2. The summed E-state index contributed by atoms with van der Waals surface area (Å²) in [5.74, 6) is 1.27. The van der Waals surface area contributed by atoms with Gasteiger partial charge in [-0.1, -0.05) is 48.5 Å². The normalized spacial score (nSPS) is 11.0. The summed E-state index contributed by atoms with van der Waals surface area (Å²) in [7, 11) is 3.16. The van der Waals surface area contributed by atoms with Gasteiger partial charge in [-0.2, -0.15) is 0 Å². The van der Waals surface area contributed by atoms with Gasteiger partial charge in [-0.15, -0.1) is 0 Å². The van der Waals surface area contributed by atoms with Crippen molar-refractivity contribution in [1.82, 2.24) is 0 Å². The minimum absolute atomic E-state index is 0.176. The van der Waals surface area contributed by atoms with Crippen LogP contribution in [0.5, 0.6) is 17.2 Å². The summed E-state index contributed by atoms with van der Waals surface area (Å²) in [5, 5.41) is 0.586. The van der Waals surface area contributed by atoms with Crippen LogP contribution in [0.15, 0.2) is 108 Å². The molecule has 5 aromatic rings. The van der Waals surface area contributed by atoms with Crippen LogP contribution in [0.3, 0.4) is 0 Å². The smallest absolute Gasteiger partial charge is 0.348 e. The molecule has 0 saturated carbocycles. The van der Waals surface area contributed by atoms with Crippen molar-refractivity contribution in [3.63, 3.8) is 0 Å². The Labute approximate surface area is 219 Å². The molecule has 0 aliphatic heterocycles. The first-order chi connectivity index (χ1) is 18.6. The summed E-state index contributed by atoms with van der Waals surface area (Å²) in [6.45, 7) is 0. The van der Waals surface area contributed by atoms with E-state index in [1.807, 2.05) is 54.6 Å². The quantitative estimate of drug-likeness (QED) is 0.0960. The zero-order chi connectivity index (χ0) is 26.5. The van der Waals surface area contributed by atoms with E-state index in [0.29, 0.717) is 45.1 Å². The molecule has 6 nitrogen and oxygen atoms in total. The van der Waals surface area contributed by atoms with E-state index < -0.39 is 5.97 Å². The topological polar surface area (TPSA) is 75.0 Å². The first-order valence-electron chi connectivity index (χ1n) is 11.9. The molecule has 0 aliphatic carbocycles. The lowest BCUT2D eigenvalue weighted by Gasteiger charge is -2.06. The minimum Gasteiger partial charge on any atom is -0.497 e. The number of ether oxygens (including phenoxy) is 3. The molecule has 0 aliphatic rings. The first-order valence-corrected chi connectivity index (χ1v) is 11.9. The third-order valence-electron chi connectivity index (χ3n) is 6.01. The van der Waals surface area contributed by atoms with Gasteiger partial charge in [0.25, 0.3) is 0 Å². The highest BCUT2D eigenvalue weighted by atomic mass is 16.5. The van der Waals surface area contributed by atoms with Crippen LogP contribution in [0.1, 0.15) is 26.3 Å². The highest BCUT2D eigenvalue weighted by Crippen LogP contribution is 2.36. The molecule has 0 bridgehead atoms. The molecule has 0 amide bonds. The fourth-order valence-corrected chi connectivity index (χ4v) is 4.06. The van der Waals surface area contributed by atoms with E-state index in [9.17, 15) is 9.59 Å². The van der Waals surface area contributed by atoms with Crippen molar-refractivity contribution < 1.29 is 28.2 Å². The summed E-state index contributed by atoms with van der Waals surface area (Å²) in [4.78, 5) is 26.1. The Morgan fingerprint density at radius 3 is 2.18 bits per heavy atom. The summed E-state index contributed by atoms with van der Waals surface area (Å²) >= 11 is 0. The molecule has 0 fully saturated rings. The molecule has 4 aromatic carbocycles. The Kier molecular flexibility index (Phi) is 7.04. The van der Waals surface area contributed by atoms with Gasteiger partial charge in [-0.05, 0) is 66.2 Å². The number of benzene rings is 4. The molecule has 1 aromatic heterocycles. The standard InChI is InChI=1S/C32H24O6/c1-35-25-10-6-7-21(19-25)11-17-28(33)22-12-14-24(15-13-22)37-32(34)30-27-20-26(36-2)16-18-29(27)38-31(30)23-8-4-3-5-9-23/h3-20H,1-2H3. The number of allylic oxidation sites excluding steroid dienone is 1. The molecule has 0 N–H and O–H groups in total. The van der Waals surface area contributed by atoms with Crippen LogP contribution in [-0.2, 0) is 0 Å². The van der Waals surface area contributed by atoms with Crippen LogP contribution in [0.2, 0.25) is 0 Å². The highest BCUT2D eigenvalue weighted by molar-refractivity contribution is 6.10. The number of carbonyl (C=O) groups is 2. The predicted molar refractivity (Wildman–Crippen MR) is 146 cm³/mol. The number of furan rings is 1. The van der Waals surface area contributed by atoms with Gasteiger partial charge in [0.05, 0.1) is 14.2 Å². The van der Waals surface area contributed by atoms with Crippen molar-refractivity contribution in [2.45, 2.75) is 0 Å². The maximum atomic E-state index is 13.4. The third kappa shape index (κ3) is 5.20. The lowest BCUT2D eigenvalue weighted by atomic mass is 10.1. The van der Waals surface area contributed by atoms with E-state index in [1.54, 1.807) is 62.8 Å². The number of hydrogen-bond acceptors (Lipinski definition) is 6. The third-order valence-corrected chi connectivity index (χ3v) is 6.01. The van der Waals surface area contributed by atoms with Crippen LogP contribution < -0.4 is 14.2 Å². The lowest BCUT2D eigenvalue weighted by Crippen LogP contribution is -2.09. The Morgan fingerprint density at radius 1 is 0.737 bits per heavy atom. The van der Waals surface area contributed by atoms with Gasteiger partial charge in [0.2, 0.25) is 0 Å². The van der Waals surface area contributed by atoms with Gasteiger partial charge in [0.1, 0.15) is 34.2 Å². The molecular formula is C32H24O6. The van der Waals surface area contributed by atoms with Gasteiger partial charge < -0.3 is 18.6 Å². The van der Waals surface area contributed by atoms with Crippen molar-refractivity contribution in [3.05, 3.63) is 120 Å². The molecule has 38 heavy (non-hydrogen) atoms. The summed E-state index contributed by atoms with van der Waals surface area (Å²) in [6.07, 6.45) is 3.22. The number of fused-ring (bicyclic) bond motifs is 1. The number of esters is 1. The van der Waals surface area contributed by atoms with E-state index >= 15 is 0 Å². The second kappa shape index (κ2) is 10.9. The van der Waals surface area contributed by atoms with Crippen LogP contribution in [0.4, 0.5) is 0 Å². The number of carbonyl (C=O) groups excluding carboxylic acids is 2. The van der Waals surface area contributed by atoms with Crippen molar-refractivity contribution in [2.24, 2.45) is 0 Å². The van der Waals surface area contributed by atoms with Crippen molar-refractivity contribution in [3.8, 4) is 28.6 Å². The van der Waals surface area contributed by atoms with Gasteiger partial charge in [0, 0.05) is 16.5 Å². The maximum absolute atomic E-state index is 13.4. The van der Waals surface area contributed by atoms with E-state index in [4.69, 9.17) is 18.6 Å². The average molecular weight is 505 g/mol.